The molecular weight excluding hydrogens is 167 g/mol. The molecule has 0 spiro atoms. The summed E-state index contributed by atoms with van der Waals surface area (Å²) in [5.74, 6) is -1.13. The fraction of sp³-hybridized carbons (Fsp3) is 0.833. The highest BCUT2D eigenvalue weighted by atomic mass is 31.1. The van der Waals surface area contributed by atoms with Crippen molar-refractivity contribution in [2.24, 2.45) is 0 Å². The van der Waals surface area contributed by atoms with E-state index in [1.807, 2.05) is 0 Å². The predicted octanol–water partition coefficient (Wildman–Crippen LogP) is 1.06. The molecule has 0 aliphatic carbocycles. The fourth-order valence-corrected chi connectivity index (χ4v) is 1.61. The third kappa shape index (κ3) is 3.65. The minimum Gasteiger partial charge on any atom is -0.364 e. The van der Waals surface area contributed by atoms with E-state index < -0.39 is 13.9 Å². The quantitative estimate of drug-likeness (QED) is 0.593. The Morgan fingerprint density at radius 1 is 1.64 bits per heavy atom. The number of carbonyl (C=O) groups excluding carboxylic acids is 1. The lowest BCUT2D eigenvalue weighted by molar-refractivity contribution is -0.122. The lowest BCUT2D eigenvalue weighted by atomic mass is 10.5. The molecule has 0 rings (SSSR count). The fourth-order valence-electron chi connectivity index (χ4n) is 0.646. The average molecular weight is 180 g/mol. The van der Waals surface area contributed by atoms with Crippen LogP contribution in [0.15, 0.2) is 0 Å². The Morgan fingerprint density at radius 3 is 2.45 bits per heavy atom. The van der Waals surface area contributed by atoms with E-state index in [0.29, 0.717) is 6.61 Å². The van der Waals surface area contributed by atoms with E-state index in [0.717, 1.165) is 0 Å². The highest BCUT2D eigenvalue weighted by Gasteiger charge is 2.20. The van der Waals surface area contributed by atoms with Crippen LogP contribution >= 0.6 is 8.03 Å². The van der Waals surface area contributed by atoms with Crippen molar-refractivity contribution in [1.82, 2.24) is 0 Å². The van der Waals surface area contributed by atoms with Crippen molar-refractivity contribution in [3.8, 4) is 0 Å². The Morgan fingerprint density at radius 2 is 2.18 bits per heavy atom. The van der Waals surface area contributed by atoms with Gasteiger partial charge in [0.1, 0.15) is 0 Å². The van der Waals surface area contributed by atoms with Crippen LogP contribution in [0.1, 0.15) is 13.8 Å². The molecule has 0 aromatic carbocycles. The SMILES string of the molecule is CCO[PH](=O)C(OC)C(C)=O. The van der Waals surface area contributed by atoms with Crippen LogP contribution in [0, 0.1) is 0 Å². The first-order chi connectivity index (χ1) is 5.13. The first-order valence-corrected chi connectivity index (χ1v) is 4.72. The van der Waals surface area contributed by atoms with Crippen molar-refractivity contribution in [1.29, 1.82) is 0 Å². The van der Waals surface area contributed by atoms with Crippen LogP contribution in [0.2, 0.25) is 0 Å². The van der Waals surface area contributed by atoms with Crippen molar-refractivity contribution < 1.29 is 18.6 Å². The first-order valence-electron chi connectivity index (χ1n) is 3.33. The van der Waals surface area contributed by atoms with Gasteiger partial charge in [0.15, 0.2) is 11.6 Å². The van der Waals surface area contributed by atoms with Gasteiger partial charge in [-0.3, -0.25) is 9.36 Å². The van der Waals surface area contributed by atoms with Crippen LogP contribution < -0.4 is 0 Å². The van der Waals surface area contributed by atoms with Crippen LogP contribution in [-0.2, 0) is 18.6 Å². The Hall–Kier alpha value is -0.180. The van der Waals surface area contributed by atoms with Gasteiger partial charge in [-0.1, -0.05) is 0 Å². The normalized spacial score (nSPS) is 15.9. The average Bonchev–Trinajstić information content (AvgIpc) is 1.88. The molecule has 0 bridgehead atoms. The minimum absolute atomic E-state index is 0.259. The van der Waals surface area contributed by atoms with Gasteiger partial charge in [0.05, 0.1) is 6.61 Å². The van der Waals surface area contributed by atoms with Crippen molar-refractivity contribution in [3.63, 3.8) is 0 Å². The van der Waals surface area contributed by atoms with Crippen molar-refractivity contribution in [2.45, 2.75) is 19.7 Å². The molecule has 0 saturated heterocycles. The third-order valence-corrected chi connectivity index (χ3v) is 2.75. The zero-order valence-electron chi connectivity index (χ0n) is 6.92. The van der Waals surface area contributed by atoms with Crippen LogP contribution in [0.5, 0.6) is 0 Å². The Kier molecular flexibility index (Phi) is 5.38. The van der Waals surface area contributed by atoms with E-state index in [1.54, 1.807) is 6.92 Å². The number of hydrogen-bond donors (Lipinski definition) is 0. The molecule has 0 aliphatic heterocycles. The number of rotatable bonds is 5. The van der Waals surface area contributed by atoms with Crippen LogP contribution in [0.3, 0.4) is 0 Å². The monoisotopic (exact) mass is 180 g/mol. The predicted molar refractivity (Wildman–Crippen MR) is 42.1 cm³/mol. The first kappa shape index (κ1) is 10.8. The zero-order valence-corrected chi connectivity index (χ0v) is 7.92. The summed E-state index contributed by atoms with van der Waals surface area (Å²) in [5, 5.41) is 0. The molecule has 0 amide bonds. The maximum Gasteiger partial charge on any atom is 0.227 e. The lowest BCUT2D eigenvalue weighted by Gasteiger charge is -2.10. The maximum atomic E-state index is 11.0. The van der Waals surface area contributed by atoms with Gasteiger partial charge in [-0.2, -0.15) is 0 Å². The molecule has 0 aliphatic rings. The molecule has 4 nitrogen and oxygen atoms in total. The largest absolute Gasteiger partial charge is 0.364 e. The molecular formula is C6H13O4P. The summed E-state index contributed by atoms with van der Waals surface area (Å²) in [4.78, 5) is 10.7. The van der Waals surface area contributed by atoms with E-state index in [4.69, 9.17) is 4.52 Å². The van der Waals surface area contributed by atoms with Crippen LogP contribution in [0.25, 0.3) is 0 Å². The smallest absolute Gasteiger partial charge is 0.227 e. The summed E-state index contributed by atoms with van der Waals surface area (Å²) >= 11 is 0. The van der Waals surface area contributed by atoms with E-state index in [-0.39, 0.29) is 5.78 Å². The van der Waals surface area contributed by atoms with Gasteiger partial charge in [0.25, 0.3) is 0 Å². The molecule has 66 valence electrons. The topological polar surface area (TPSA) is 52.6 Å². The van der Waals surface area contributed by atoms with Gasteiger partial charge in [0.2, 0.25) is 8.03 Å². The summed E-state index contributed by atoms with van der Waals surface area (Å²) in [7, 11) is -1.01. The summed E-state index contributed by atoms with van der Waals surface area (Å²) in [5.41, 5.74) is 0. The molecule has 11 heavy (non-hydrogen) atoms. The van der Waals surface area contributed by atoms with Gasteiger partial charge in [-0.25, -0.2) is 0 Å². The number of hydrogen-bond acceptors (Lipinski definition) is 4. The van der Waals surface area contributed by atoms with Crippen molar-refractivity contribution >= 4 is 13.8 Å². The molecule has 0 aromatic rings. The molecule has 5 heteroatoms. The highest BCUT2D eigenvalue weighted by molar-refractivity contribution is 7.41. The molecule has 0 radical (unpaired) electrons. The van der Waals surface area contributed by atoms with Crippen molar-refractivity contribution in [2.75, 3.05) is 13.7 Å². The molecule has 0 aromatic heterocycles. The summed E-state index contributed by atoms with van der Waals surface area (Å²) < 4.78 is 20.5. The zero-order chi connectivity index (χ0) is 8.85. The standard InChI is InChI=1S/C6H13O4P/c1-4-10-11(8)6(9-3)5(2)7/h6,11H,4H2,1-3H3. The van der Waals surface area contributed by atoms with E-state index >= 15 is 0 Å². The molecule has 2 atom stereocenters. The number of methoxy groups -OCH3 is 1. The van der Waals surface area contributed by atoms with Gasteiger partial charge < -0.3 is 9.26 Å². The third-order valence-electron chi connectivity index (χ3n) is 1.11. The highest BCUT2D eigenvalue weighted by Crippen LogP contribution is 2.29. The molecule has 0 fully saturated rings. The summed E-state index contributed by atoms with van der Waals surface area (Å²) in [6.07, 6.45) is 0. The molecule has 2 unspecified atom stereocenters. The van der Waals surface area contributed by atoms with Gasteiger partial charge in [-0.15, -0.1) is 0 Å². The van der Waals surface area contributed by atoms with E-state index in [1.165, 1.54) is 14.0 Å². The van der Waals surface area contributed by atoms with E-state index in [9.17, 15) is 9.36 Å². The minimum atomic E-state index is -2.35. The van der Waals surface area contributed by atoms with Crippen molar-refractivity contribution in [3.05, 3.63) is 0 Å². The van der Waals surface area contributed by atoms with Gasteiger partial charge in [0, 0.05) is 7.11 Å². The van der Waals surface area contributed by atoms with Gasteiger partial charge in [-0.05, 0) is 13.8 Å². The van der Waals surface area contributed by atoms with Gasteiger partial charge >= 0.3 is 0 Å². The molecule has 0 N–H and O–H groups in total. The Labute approximate surface area is 66.7 Å². The molecule has 0 saturated carbocycles. The number of carbonyl (C=O) groups is 1. The Balaban J connectivity index is 4.03. The van der Waals surface area contributed by atoms with Crippen LogP contribution in [-0.4, -0.2) is 25.3 Å². The molecule has 0 heterocycles. The number of ether oxygens (including phenoxy) is 1. The second-order valence-corrected chi connectivity index (χ2v) is 3.43. The number of Topliss-reactive ketones (excluding diaryl/α,β-unsaturated/α-hetero) is 1. The van der Waals surface area contributed by atoms with Crippen LogP contribution in [0.4, 0.5) is 0 Å². The second-order valence-electron chi connectivity index (χ2n) is 1.98. The lowest BCUT2D eigenvalue weighted by Crippen LogP contribution is -2.16. The second kappa shape index (κ2) is 5.47. The summed E-state index contributed by atoms with van der Waals surface area (Å²) in [6, 6.07) is 0. The number of ketones is 1. The van der Waals surface area contributed by atoms with E-state index in [2.05, 4.69) is 4.74 Å². The summed E-state index contributed by atoms with van der Waals surface area (Å²) in [6.45, 7) is 3.39. The Bertz CT molecular complexity index is 157. The maximum absolute atomic E-state index is 11.0.